The van der Waals surface area contributed by atoms with Gasteiger partial charge in [0.15, 0.2) is 11.7 Å². The fourth-order valence-electron chi connectivity index (χ4n) is 8.12. The molecule has 2 saturated heterocycles. The molecule has 1 aromatic carbocycles. The number of carboxylic acid groups (broad SMARTS) is 1. The van der Waals surface area contributed by atoms with Crippen LogP contribution in [0, 0.1) is 23.7 Å². The van der Waals surface area contributed by atoms with Crippen molar-refractivity contribution in [2.24, 2.45) is 23.7 Å². The summed E-state index contributed by atoms with van der Waals surface area (Å²) in [4.78, 5) is 23.6. The van der Waals surface area contributed by atoms with Crippen LogP contribution in [0.5, 0.6) is 5.75 Å². The molecule has 6 rings (SSSR count). The molecule has 3 aliphatic carbocycles. The fraction of sp³-hybridized carbons (Fsp3) is 0.741. The molecule has 0 amide bonds. The number of rotatable bonds is 4. The molecule has 11 atom stereocenters. The van der Waals surface area contributed by atoms with E-state index < -0.39 is 47.9 Å². The second kappa shape index (κ2) is 8.92. The molecule has 9 nitrogen and oxygen atoms in total. The van der Waals surface area contributed by atoms with Gasteiger partial charge in [0.25, 0.3) is 0 Å². The van der Waals surface area contributed by atoms with Gasteiger partial charge in [-0.05, 0) is 74.0 Å². The van der Waals surface area contributed by atoms with Crippen molar-refractivity contribution in [1.82, 2.24) is 0 Å². The van der Waals surface area contributed by atoms with Gasteiger partial charge in [0.1, 0.15) is 29.7 Å². The Morgan fingerprint density at radius 1 is 1.00 bits per heavy atom. The van der Waals surface area contributed by atoms with Gasteiger partial charge < -0.3 is 29.9 Å². The molecule has 36 heavy (non-hydrogen) atoms. The van der Waals surface area contributed by atoms with E-state index in [1.807, 2.05) is 18.2 Å². The number of aliphatic hydroxyl groups is 3. The molecule has 5 fully saturated rings. The van der Waals surface area contributed by atoms with Crippen LogP contribution in [0.15, 0.2) is 24.3 Å². The second-order valence-corrected chi connectivity index (χ2v) is 11.6. The molecule has 1 aromatic rings. The third-order valence-electron chi connectivity index (χ3n) is 9.84. The molecular weight excluding hydrogens is 468 g/mol. The van der Waals surface area contributed by atoms with Crippen molar-refractivity contribution < 1.29 is 44.5 Å². The molecule has 8 unspecified atom stereocenters. The van der Waals surface area contributed by atoms with Gasteiger partial charge in [-0.3, -0.25) is 0 Å². The lowest BCUT2D eigenvalue weighted by atomic mass is 9.46. The van der Waals surface area contributed by atoms with Crippen LogP contribution in [0.1, 0.15) is 63.9 Å². The maximum Gasteiger partial charge on any atom is 0.335 e. The summed E-state index contributed by atoms with van der Waals surface area (Å²) in [5.41, 5.74) is -0.175. The molecule has 5 aliphatic rings. The first kappa shape index (κ1) is 24.6. The molecule has 2 bridgehead atoms. The highest BCUT2D eigenvalue weighted by atomic mass is 17.3. The molecular formula is C27H36O9. The van der Waals surface area contributed by atoms with Gasteiger partial charge in [-0.2, -0.15) is 0 Å². The van der Waals surface area contributed by atoms with Gasteiger partial charge in [-0.25, -0.2) is 14.6 Å². The van der Waals surface area contributed by atoms with Crippen LogP contribution in [0.2, 0.25) is 0 Å². The Morgan fingerprint density at radius 3 is 2.56 bits per heavy atom. The molecule has 1 spiro atoms. The van der Waals surface area contributed by atoms with Crippen LogP contribution in [0.3, 0.4) is 0 Å². The zero-order valence-electron chi connectivity index (χ0n) is 20.5. The molecule has 2 heterocycles. The average molecular weight is 505 g/mol. The molecule has 0 aromatic heterocycles. The number of benzene rings is 1. The SMILES string of the molecule is CC1(c2cccc(O[C@@H]3OC(C(=O)O)[C@@H](O)[C@H](O)C3O)c2)OOC12C1CCCC2C2CCCCC2C1. The molecule has 198 valence electrons. The number of hydrogen-bond acceptors (Lipinski definition) is 8. The largest absolute Gasteiger partial charge is 0.479 e. The maximum absolute atomic E-state index is 11.5. The van der Waals surface area contributed by atoms with Crippen molar-refractivity contribution in [3.8, 4) is 5.75 Å². The van der Waals surface area contributed by atoms with E-state index in [4.69, 9.17) is 19.2 Å². The molecule has 0 radical (unpaired) electrons. The number of fused-ring (bicyclic) bond motifs is 2. The van der Waals surface area contributed by atoms with Crippen molar-refractivity contribution in [2.45, 2.75) is 100 Å². The zero-order valence-corrected chi connectivity index (χ0v) is 20.5. The minimum absolute atomic E-state index is 0.340. The van der Waals surface area contributed by atoms with Crippen LogP contribution < -0.4 is 4.74 Å². The summed E-state index contributed by atoms with van der Waals surface area (Å²) < 4.78 is 11.1. The van der Waals surface area contributed by atoms with Crippen molar-refractivity contribution in [3.63, 3.8) is 0 Å². The monoisotopic (exact) mass is 504 g/mol. The lowest BCUT2D eigenvalue weighted by molar-refractivity contribution is -0.590. The summed E-state index contributed by atoms with van der Waals surface area (Å²) in [6.45, 7) is 2.09. The standard InChI is InChI=1S/C27H36O9/c1-26(27(36-35-26)16-8-5-11-19(27)18-10-3-2-6-14(18)12-16)15-7-4-9-17(13-15)33-25-22(30)20(28)21(29)23(34-25)24(31)32/h4,7,9,13-14,16,18-23,25,28-30H,2-3,5-6,8,10-12H2,1H3,(H,31,32)/t14?,16?,18?,19?,20-,21-,22?,23?,25+,26?,27?/m0/s1. The predicted octanol–water partition coefficient (Wildman–Crippen LogP) is 2.50. The summed E-state index contributed by atoms with van der Waals surface area (Å²) >= 11 is 0. The Bertz CT molecular complexity index is 1000. The summed E-state index contributed by atoms with van der Waals surface area (Å²) in [6, 6.07) is 7.30. The predicted molar refractivity (Wildman–Crippen MR) is 125 cm³/mol. The fourth-order valence-corrected chi connectivity index (χ4v) is 8.12. The normalized spacial score (nSPS) is 48.1. The molecule has 2 aliphatic heterocycles. The third kappa shape index (κ3) is 3.47. The summed E-state index contributed by atoms with van der Waals surface area (Å²) in [5, 5.41) is 39.8. The Morgan fingerprint density at radius 2 is 1.81 bits per heavy atom. The van der Waals surface area contributed by atoms with E-state index in [0.29, 0.717) is 23.5 Å². The zero-order chi connectivity index (χ0) is 25.2. The van der Waals surface area contributed by atoms with Gasteiger partial charge in [-0.15, -0.1) is 0 Å². The summed E-state index contributed by atoms with van der Waals surface area (Å²) in [5.74, 6) is 1.19. The Hall–Kier alpha value is -1.75. The maximum atomic E-state index is 11.5. The van der Waals surface area contributed by atoms with E-state index in [1.165, 1.54) is 38.5 Å². The number of ether oxygens (including phenoxy) is 2. The van der Waals surface area contributed by atoms with Gasteiger partial charge in [-0.1, -0.05) is 37.8 Å². The van der Waals surface area contributed by atoms with Gasteiger partial charge in [0.2, 0.25) is 6.29 Å². The van der Waals surface area contributed by atoms with Crippen LogP contribution in [0.25, 0.3) is 0 Å². The van der Waals surface area contributed by atoms with Crippen molar-refractivity contribution in [2.75, 3.05) is 0 Å². The molecule has 9 heteroatoms. The van der Waals surface area contributed by atoms with Crippen molar-refractivity contribution in [3.05, 3.63) is 29.8 Å². The van der Waals surface area contributed by atoms with Crippen LogP contribution >= 0.6 is 0 Å². The lowest BCUT2D eigenvalue weighted by Gasteiger charge is -2.68. The van der Waals surface area contributed by atoms with Crippen LogP contribution in [-0.4, -0.2) is 62.7 Å². The first-order chi connectivity index (χ1) is 17.3. The second-order valence-electron chi connectivity index (χ2n) is 11.6. The third-order valence-corrected chi connectivity index (χ3v) is 9.84. The van der Waals surface area contributed by atoms with Crippen LogP contribution in [-0.2, 0) is 24.9 Å². The summed E-state index contributed by atoms with van der Waals surface area (Å²) in [6.07, 6.45) is 1.56. The van der Waals surface area contributed by atoms with Gasteiger partial charge in [0, 0.05) is 0 Å². The van der Waals surface area contributed by atoms with E-state index >= 15 is 0 Å². The first-order valence-corrected chi connectivity index (χ1v) is 13.3. The van der Waals surface area contributed by atoms with E-state index in [0.717, 1.165) is 24.3 Å². The highest BCUT2D eigenvalue weighted by molar-refractivity contribution is 5.73. The van der Waals surface area contributed by atoms with E-state index in [2.05, 4.69) is 6.92 Å². The number of aliphatic hydroxyl groups excluding tert-OH is 3. The number of carbonyl (C=O) groups is 1. The Labute approximate surface area is 210 Å². The molecule has 4 N–H and O–H groups in total. The van der Waals surface area contributed by atoms with Crippen molar-refractivity contribution in [1.29, 1.82) is 0 Å². The minimum atomic E-state index is -1.77. The number of carboxylic acids is 1. The average Bonchev–Trinajstić information content (AvgIpc) is 2.87. The minimum Gasteiger partial charge on any atom is -0.479 e. The molecule has 3 saturated carbocycles. The van der Waals surface area contributed by atoms with E-state index in [9.17, 15) is 25.2 Å². The topological polar surface area (TPSA) is 135 Å². The van der Waals surface area contributed by atoms with Crippen LogP contribution in [0.4, 0.5) is 0 Å². The van der Waals surface area contributed by atoms with E-state index in [-0.39, 0.29) is 0 Å². The highest BCUT2D eigenvalue weighted by Gasteiger charge is 2.73. The summed E-state index contributed by atoms with van der Waals surface area (Å²) in [7, 11) is 0. The number of hydrogen-bond donors (Lipinski definition) is 4. The lowest BCUT2D eigenvalue weighted by Crippen LogP contribution is -2.74. The van der Waals surface area contributed by atoms with Gasteiger partial charge in [0.05, 0.1) is 0 Å². The Kier molecular flexibility index (Phi) is 6.09. The van der Waals surface area contributed by atoms with E-state index in [1.54, 1.807) is 6.07 Å². The quantitative estimate of drug-likeness (QED) is 0.456. The highest BCUT2D eigenvalue weighted by Crippen LogP contribution is 2.67. The number of aliphatic carboxylic acids is 1. The Balaban J connectivity index is 1.28. The smallest absolute Gasteiger partial charge is 0.335 e. The van der Waals surface area contributed by atoms with Gasteiger partial charge >= 0.3 is 5.97 Å². The van der Waals surface area contributed by atoms with Crippen molar-refractivity contribution >= 4 is 5.97 Å². The first-order valence-electron chi connectivity index (χ1n) is 13.3.